The maximum absolute atomic E-state index is 13.3. The van der Waals surface area contributed by atoms with Crippen molar-refractivity contribution in [3.63, 3.8) is 0 Å². The molecule has 0 aromatic heterocycles. The fourth-order valence-electron chi connectivity index (χ4n) is 1.11. The van der Waals surface area contributed by atoms with Crippen LogP contribution in [0, 0.1) is 28.5 Å². The quantitative estimate of drug-likeness (QED) is 0.590. The summed E-state index contributed by atoms with van der Waals surface area (Å²) in [6.45, 7) is 0. The Balaban J connectivity index is 3.42. The lowest BCUT2D eigenvalue weighted by Gasteiger charge is -2.01. The van der Waals surface area contributed by atoms with Crippen molar-refractivity contribution in [3.05, 3.63) is 35.2 Å². The lowest BCUT2D eigenvalue weighted by molar-refractivity contribution is 0.600. The second-order valence-corrected chi connectivity index (χ2v) is 5.25. The Bertz CT molecular complexity index is 648. The lowest BCUT2D eigenvalue weighted by atomic mass is 10.1. The van der Waals surface area contributed by atoms with Crippen LogP contribution in [0.2, 0.25) is 0 Å². The molecule has 0 aliphatic carbocycles. The van der Waals surface area contributed by atoms with E-state index in [2.05, 4.69) is 0 Å². The monoisotopic (exact) mass is 250 g/mol. The van der Waals surface area contributed by atoms with Crippen LogP contribution in [0.5, 0.6) is 0 Å². The molecule has 0 unspecified atom stereocenters. The minimum absolute atomic E-state index is 0.0691. The Morgan fingerprint density at radius 3 is 2.41 bits per heavy atom. The zero-order chi connectivity index (χ0) is 13.1. The number of hydrogen-bond acceptors (Lipinski definition) is 4. The molecule has 0 atom stereocenters. The number of nitriles is 2. The van der Waals surface area contributed by atoms with Crippen LogP contribution in [0.4, 0.5) is 4.39 Å². The fourth-order valence-corrected chi connectivity index (χ4v) is 1.76. The van der Waals surface area contributed by atoms with Crippen molar-refractivity contribution in [1.29, 1.82) is 10.5 Å². The molecule has 0 heterocycles. The van der Waals surface area contributed by atoms with Gasteiger partial charge in [0.2, 0.25) is 0 Å². The van der Waals surface area contributed by atoms with E-state index in [0.29, 0.717) is 0 Å². The van der Waals surface area contributed by atoms with Gasteiger partial charge in [0.25, 0.3) is 0 Å². The van der Waals surface area contributed by atoms with E-state index in [1.807, 2.05) is 0 Å². The standard InChI is InChI=1S/C11H7FN2O2S/c1-17(15,16)10-2-3-11(12)9(5-10)4-8(6-13)7-14/h2-5H,1H3. The first-order chi connectivity index (χ1) is 7.88. The Labute approximate surface area is 98.1 Å². The molecule has 0 fully saturated rings. The molecule has 0 radical (unpaired) electrons. The Morgan fingerprint density at radius 1 is 1.35 bits per heavy atom. The van der Waals surface area contributed by atoms with Gasteiger partial charge in [-0.15, -0.1) is 0 Å². The largest absolute Gasteiger partial charge is 0.224 e. The molecule has 4 nitrogen and oxygen atoms in total. The smallest absolute Gasteiger partial charge is 0.175 e. The summed E-state index contributed by atoms with van der Waals surface area (Å²) in [6.07, 6.45) is 1.99. The highest BCUT2D eigenvalue weighted by molar-refractivity contribution is 7.90. The first-order valence-corrected chi connectivity index (χ1v) is 6.29. The second kappa shape index (κ2) is 4.77. The predicted molar refractivity (Wildman–Crippen MR) is 58.7 cm³/mol. The molecule has 0 saturated carbocycles. The molecule has 0 N–H and O–H groups in total. The van der Waals surface area contributed by atoms with Crippen LogP contribution in [0.15, 0.2) is 28.7 Å². The molecular formula is C11H7FN2O2S. The van der Waals surface area contributed by atoms with Crippen molar-refractivity contribution in [2.24, 2.45) is 0 Å². The van der Waals surface area contributed by atoms with Crippen LogP contribution in [-0.2, 0) is 9.84 Å². The van der Waals surface area contributed by atoms with Crippen LogP contribution in [0.25, 0.3) is 6.08 Å². The number of rotatable bonds is 2. The van der Waals surface area contributed by atoms with E-state index >= 15 is 0 Å². The van der Waals surface area contributed by atoms with Crippen LogP contribution in [0.3, 0.4) is 0 Å². The van der Waals surface area contributed by atoms with E-state index in [-0.39, 0.29) is 16.0 Å². The van der Waals surface area contributed by atoms with Crippen LogP contribution in [-0.4, -0.2) is 14.7 Å². The molecule has 1 aromatic rings. The SMILES string of the molecule is CS(=O)(=O)c1ccc(F)c(C=C(C#N)C#N)c1. The molecule has 17 heavy (non-hydrogen) atoms. The maximum atomic E-state index is 13.3. The van der Waals surface area contributed by atoms with Gasteiger partial charge >= 0.3 is 0 Å². The molecular weight excluding hydrogens is 243 g/mol. The van der Waals surface area contributed by atoms with Gasteiger partial charge in [0.1, 0.15) is 23.5 Å². The van der Waals surface area contributed by atoms with E-state index in [9.17, 15) is 12.8 Å². The zero-order valence-corrected chi connectivity index (χ0v) is 9.62. The number of allylic oxidation sites excluding steroid dienone is 1. The van der Waals surface area contributed by atoms with E-state index in [4.69, 9.17) is 10.5 Å². The third kappa shape index (κ3) is 3.13. The Kier molecular flexibility index (Phi) is 3.62. The summed E-state index contributed by atoms with van der Waals surface area (Å²) >= 11 is 0. The van der Waals surface area contributed by atoms with Crippen molar-refractivity contribution < 1.29 is 12.8 Å². The molecule has 86 valence electrons. The highest BCUT2D eigenvalue weighted by Gasteiger charge is 2.10. The molecule has 0 aliphatic heterocycles. The van der Waals surface area contributed by atoms with Gasteiger partial charge in [-0.3, -0.25) is 0 Å². The Hall–Kier alpha value is -2.18. The summed E-state index contributed by atoms with van der Waals surface area (Å²) in [6, 6.07) is 6.33. The first-order valence-electron chi connectivity index (χ1n) is 4.40. The van der Waals surface area contributed by atoms with Gasteiger partial charge < -0.3 is 0 Å². The van der Waals surface area contributed by atoms with Gasteiger partial charge in [-0.05, 0) is 24.3 Å². The summed E-state index contributed by atoms with van der Waals surface area (Å²) in [5.74, 6) is -0.694. The molecule has 1 aromatic carbocycles. The topological polar surface area (TPSA) is 81.7 Å². The normalized spacial score (nSPS) is 10.1. The minimum atomic E-state index is -3.45. The highest BCUT2D eigenvalue weighted by atomic mass is 32.2. The van der Waals surface area contributed by atoms with Crippen molar-refractivity contribution in [2.45, 2.75) is 4.90 Å². The van der Waals surface area contributed by atoms with Gasteiger partial charge in [0, 0.05) is 11.8 Å². The van der Waals surface area contributed by atoms with Crippen LogP contribution < -0.4 is 0 Å². The van der Waals surface area contributed by atoms with E-state index in [0.717, 1.165) is 30.5 Å². The number of benzene rings is 1. The average molecular weight is 250 g/mol. The third-order valence-corrected chi connectivity index (χ3v) is 3.05. The summed E-state index contributed by atoms with van der Waals surface area (Å²) < 4.78 is 35.8. The van der Waals surface area contributed by atoms with Crippen molar-refractivity contribution in [2.75, 3.05) is 6.26 Å². The third-order valence-electron chi connectivity index (χ3n) is 1.94. The lowest BCUT2D eigenvalue weighted by Crippen LogP contribution is -1.98. The number of hydrogen-bond donors (Lipinski definition) is 0. The number of halogens is 1. The van der Waals surface area contributed by atoms with E-state index < -0.39 is 15.7 Å². The summed E-state index contributed by atoms with van der Waals surface area (Å²) in [5.41, 5.74) is -0.402. The zero-order valence-electron chi connectivity index (χ0n) is 8.81. The number of sulfone groups is 1. The van der Waals surface area contributed by atoms with Crippen molar-refractivity contribution >= 4 is 15.9 Å². The molecule has 0 aliphatic rings. The van der Waals surface area contributed by atoms with Gasteiger partial charge in [-0.1, -0.05) is 0 Å². The van der Waals surface area contributed by atoms with E-state index in [1.54, 1.807) is 12.1 Å². The predicted octanol–water partition coefficient (Wildman–Crippen LogP) is 1.66. The molecule has 6 heteroatoms. The summed E-state index contributed by atoms with van der Waals surface area (Å²) in [4.78, 5) is -0.0691. The van der Waals surface area contributed by atoms with Crippen LogP contribution in [0.1, 0.15) is 5.56 Å². The fraction of sp³-hybridized carbons (Fsp3) is 0.0909. The molecule has 0 spiro atoms. The summed E-state index contributed by atoms with van der Waals surface area (Å²) in [7, 11) is -3.45. The van der Waals surface area contributed by atoms with Crippen LogP contribution >= 0.6 is 0 Å². The van der Waals surface area contributed by atoms with Gasteiger partial charge in [0.05, 0.1) is 4.90 Å². The van der Waals surface area contributed by atoms with Gasteiger partial charge in [0.15, 0.2) is 9.84 Å². The average Bonchev–Trinajstić information content (AvgIpc) is 2.26. The van der Waals surface area contributed by atoms with Crippen molar-refractivity contribution in [3.8, 4) is 12.1 Å². The number of nitrogens with zero attached hydrogens (tertiary/aromatic N) is 2. The van der Waals surface area contributed by atoms with E-state index in [1.165, 1.54) is 0 Å². The molecule has 1 rings (SSSR count). The molecule has 0 amide bonds. The van der Waals surface area contributed by atoms with Gasteiger partial charge in [-0.2, -0.15) is 10.5 Å². The molecule has 0 bridgehead atoms. The summed E-state index contributed by atoms with van der Waals surface area (Å²) in [5, 5.41) is 17.1. The molecule has 0 saturated heterocycles. The Morgan fingerprint density at radius 2 is 1.94 bits per heavy atom. The minimum Gasteiger partial charge on any atom is -0.224 e. The first kappa shape index (κ1) is 12.9. The van der Waals surface area contributed by atoms with Crippen molar-refractivity contribution in [1.82, 2.24) is 0 Å². The second-order valence-electron chi connectivity index (χ2n) is 3.24. The maximum Gasteiger partial charge on any atom is 0.175 e. The van der Waals surface area contributed by atoms with Gasteiger partial charge in [-0.25, -0.2) is 12.8 Å². The highest BCUT2D eigenvalue weighted by Crippen LogP contribution is 2.17.